The molecule has 0 bridgehead atoms. The molecule has 20 heavy (non-hydrogen) atoms. The fourth-order valence-electron chi connectivity index (χ4n) is 2.46. The molecule has 4 nitrogen and oxygen atoms in total. The molecule has 1 fully saturated rings. The van der Waals surface area contributed by atoms with Gasteiger partial charge in [-0.05, 0) is 66.7 Å². The fourth-order valence-corrected chi connectivity index (χ4v) is 3.47. The Balaban J connectivity index is 2.15. The van der Waals surface area contributed by atoms with Gasteiger partial charge in [-0.2, -0.15) is 0 Å². The number of amides is 1. The van der Waals surface area contributed by atoms with Crippen LogP contribution in [0.2, 0.25) is 5.02 Å². The molecule has 2 rings (SSSR count). The number of rotatable bonds is 4. The van der Waals surface area contributed by atoms with E-state index in [1.54, 1.807) is 13.2 Å². The highest BCUT2D eigenvalue weighted by atomic mass is 127. The number of carbonyl (C=O) groups excluding carboxylic acids is 1. The molecule has 0 aliphatic carbocycles. The van der Waals surface area contributed by atoms with Crippen molar-refractivity contribution in [1.82, 2.24) is 5.32 Å². The van der Waals surface area contributed by atoms with Crippen LogP contribution in [0.1, 0.15) is 12.8 Å². The summed E-state index contributed by atoms with van der Waals surface area (Å²) < 4.78 is 6.22. The summed E-state index contributed by atoms with van der Waals surface area (Å²) in [5.41, 5.74) is 0.358. The molecule has 2 N–H and O–H groups in total. The van der Waals surface area contributed by atoms with Crippen LogP contribution in [0.5, 0.6) is 0 Å². The first-order valence-corrected chi connectivity index (χ1v) is 7.99. The largest absolute Gasteiger partial charge is 0.384 e. The summed E-state index contributed by atoms with van der Waals surface area (Å²) in [7, 11) is 1.64. The molecule has 1 aliphatic rings. The lowest BCUT2D eigenvalue weighted by molar-refractivity contribution is -0.130. The number of hydrogen-bond donors (Lipinski definition) is 2. The lowest BCUT2D eigenvalue weighted by Gasteiger charge is -2.35. The summed E-state index contributed by atoms with van der Waals surface area (Å²) in [6.07, 6.45) is 1.58. The van der Waals surface area contributed by atoms with Crippen molar-refractivity contribution in [2.75, 3.05) is 32.1 Å². The van der Waals surface area contributed by atoms with Gasteiger partial charge in [-0.3, -0.25) is 4.79 Å². The van der Waals surface area contributed by atoms with Crippen molar-refractivity contribution in [3.05, 3.63) is 26.8 Å². The molecular weight excluding hydrogens is 391 g/mol. The van der Waals surface area contributed by atoms with Crippen LogP contribution in [0.15, 0.2) is 18.2 Å². The highest BCUT2D eigenvalue weighted by molar-refractivity contribution is 14.1. The molecule has 1 saturated heterocycles. The minimum atomic E-state index is -0.442. The van der Waals surface area contributed by atoms with Crippen molar-refractivity contribution >= 4 is 45.8 Å². The van der Waals surface area contributed by atoms with E-state index in [0.717, 1.165) is 35.2 Å². The van der Waals surface area contributed by atoms with Crippen LogP contribution in [0.3, 0.4) is 0 Å². The van der Waals surface area contributed by atoms with Gasteiger partial charge in [-0.15, -0.1) is 0 Å². The Morgan fingerprint density at radius 2 is 2.20 bits per heavy atom. The molecule has 110 valence electrons. The third kappa shape index (κ3) is 3.63. The Hall–Kier alpha value is -0.370. The molecule has 0 unspecified atom stereocenters. The number of piperidine rings is 1. The predicted octanol–water partition coefficient (Wildman–Crippen LogP) is 2.90. The van der Waals surface area contributed by atoms with Gasteiger partial charge in [-0.25, -0.2) is 0 Å². The van der Waals surface area contributed by atoms with Gasteiger partial charge in [0.25, 0.3) is 0 Å². The second-order valence-electron chi connectivity index (χ2n) is 5.04. The van der Waals surface area contributed by atoms with Gasteiger partial charge in [0.05, 0.1) is 17.7 Å². The van der Waals surface area contributed by atoms with E-state index in [2.05, 4.69) is 33.2 Å². The number of hydrogen-bond acceptors (Lipinski definition) is 3. The first kappa shape index (κ1) is 16.0. The molecule has 1 aliphatic heterocycles. The Labute approximate surface area is 137 Å². The molecular formula is C14H18ClIN2O2. The second-order valence-corrected chi connectivity index (χ2v) is 6.64. The van der Waals surface area contributed by atoms with E-state index < -0.39 is 5.41 Å². The summed E-state index contributed by atoms with van der Waals surface area (Å²) in [6.45, 7) is 2.13. The lowest BCUT2D eigenvalue weighted by atomic mass is 9.78. The normalized spacial score (nSPS) is 17.8. The Bertz CT molecular complexity index is 485. The number of anilines is 1. The van der Waals surface area contributed by atoms with E-state index >= 15 is 0 Å². The minimum Gasteiger partial charge on any atom is -0.384 e. The van der Waals surface area contributed by atoms with Crippen LogP contribution in [0.25, 0.3) is 0 Å². The van der Waals surface area contributed by atoms with E-state index in [0.29, 0.717) is 11.6 Å². The van der Waals surface area contributed by atoms with Gasteiger partial charge in [0, 0.05) is 15.7 Å². The Morgan fingerprint density at radius 3 is 2.80 bits per heavy atom. The van der Waals surface area contributed by atoms with Crippen LogP contribution in [0.4, 0.5) is 5.69 Å². The zero-order valence-electron chi connectivity index (χ0n) is 11.3. The monoisotopic (exact) mass is 408 g/mol. The topological polar surface area (TPSA) is 50.4 Å². The van der Waals surface area contributed by atoms with E-state index in [1.165, 1.54) is 0 Å². The highest BCUT2D eigenvalue weighted by Gasteiger charge is 2.39. The van der Waals surface area contributed by atoms with Crippen LogP contribution >= 0.6 is 34.2 Å². The Kier molecular flexibility index (Phi) is 5.65. The first-order valence-electron chi connectivity index (χ1n) is 6.53. The van der Waals surface area contributed by atoms with Crippen molar-refractivity contribution in [1.29, 1.82) is 0 Å². The van der Waals surface area contributed by atoms with Crippen LogP contribution < -0.4 is 10.6 Å². The van der Waals surface area contributed by atoms with Crippen molar-refractivity contribution in [2.24, 2.45) is 5.41 Å². The highest BCUT2D eigenvalue weighted by Crippen LogP contribution is 2.32. The van der Waals surface area contributed by atoms with Crippen LogP contribution in [-0.4, -0.2) is 32.7 Å². The first-order chi connectivity index (χ1) is 9.57. The van der Waals surface area contributed by atoms with E-state index in [4.69, 9.17) is 16.3 Å². The predicted molar refractivity (Wildman–Crippen MR) is 89.2 cm³/mol. The number of benzene rings is 1. The fraction of sp³-hybridized carbons (Fsp3) is 0.500. The maximum Gasteiger partial charge on any atom is 0.233 e. The smallest absolute Gasteiger partial charge is 0.233 e. The van der Waals surface area contributed by atoms with Gasteiger partial charge in [0.2, 0.25) is 5.91 Å². The molecule has 0 saturated carbocycles. The maximum absolute atomic E-state index is 12.7. The van der Waals surface area contributed by atoms with Crippen molar-refractivity contribution < 1.29 is 9.53 Å². The molecule has 1 aromatic carbocycles. The summed E-state index contributed by atoms with van der Waals surface area (Å²) in [5, 5.41) is 6.97. The van der Waals surface area contributed by atoms with E-state index in [1.807, 2.05) is 12.1 Å². The van der Waals surface area contributed by atoms with Gasteiger partial charge >= 0.3 is 0 Å². The average Bonchev–Trinajstić information content (AvgIpc) is 2.43. The SMILES string of the molecule is COCC1(C(=O)Nc2ccc(Cl)cc2I)CCNCC1. The minimum absolute atomic E-state index is 0.0288. The molecule has 1 aromatic rings. The average molecular weight is 409 g/mol. The Morgan fingerprint density at radius 1 is 1.50 bits per heavy atom. The van der Waals surface area contributed by atoms with Crippen molar-refractivity contribution in [3.8, 4) is 0 Å². The molecule has 0 atom stereocenters. The number of methoxy groups -OCH3 is 1. The number of ether oxygens (including phenoxy) is 1. The lowest BCUT2D eigenvalue weighted by Crippen LogP contribution is -2.47. The number of carbonyl (C=O) groups is 1. The van der Waals surface area contributed by atoms with Crippen molar-refractivity contribution in [3.63, 3.8) is 0 Å². The molecule has 6 heteroatoms. The molecule has 0 spiro atoms. The van der Waals surface area contributed by atoms with Crippen LogP contribution in [0, 0.1) is 8.99 Å². The van der Waals surface area contributed by atoms with Gasteiger partial charge in [0.1, 0.15) is 0 Å². The molecule has 1 amide bonds. The van der Waals surface area contributed by atoms with Gasteiger partial charge < -0.3 is 15.4 Å². The van der Waals surface area contributed by atoms with Crippen molar-refractivity contribution in [2.45, 2.75) is 12.8 Å². The van der Waals surface area contributed by atoms with Crippen LogP contribution in [-0.2, 0) is 9.53 Å². The zero-order chi connectivity index (χ0) is 14.6. The molecule has 1 heterocycles. The molecule has 0 aromatic heterocycles. The van der Waals surface area contributed by atoms with Gasteiger partial charge in [0.15, 0.2) is 0 Å². The van der Waals surface area contributed by atoms with Gasteiger partial charge in [-0.1, -0.05) is 11.6 Å². The second kappa shape index (κ2) is 7.06. The summed E-state index contributed by atoms with van der Waals surface area (Å²) in [4.78, 5) is 12.7. The standard InChI is InChI=1S/C14H18ClIN2O2/c1-20-9-14(4-6-17-7-5-14)13(19)18-12-3-2-10(15)8-11(12)16/h2-3,8,17H,4-7,9H2,1H3,(H,18,19). The maximum atomic E-state index is 12.7. The summed E-state index contributed by atoms with van der Waals surface area (Å²) >= 11 is 8.11. The molecule has 0 radical (unpaired) electrons. The quantitative estimate of drug-likeness (QED) is 0.753. The number of nitrogens with one attached hydrogen (secondary N) is 2. The summed E-state index contributed by atoms with van der Waals surface area (Å²) in [5.74, 6) is 0.0288. The zero-order valence-corrected chi connectivity index (χ0v) is 14.3. The van der Waals surface area contributed by atoms with E-state index in [9.17, 15) is 4.79 Å². The number of halogens is 2. The summed E-state index contributed by atoms with van der Waals surface area (Å²) in [6, 6.07) is 5.46. The third-order valence-electron chi connectivity index (χ3n) is 3.64. The van der Waals surface area contributed by atoms with E-state index in [-0.39, 0.29) is 5.91 Å². The third-order valence-corrected chi connectivity index (χ3v) is 4.77.